The summed E-state index contributed by atoms with van der Waals surface area (Å²) in [6.45, 7) is 2.14. The first-order valence-corrected chi connectivity index (χ1v) is 10.6. The van der Waals surface area contributed by atoms with Gasteiger partial charge in [-0.15, -0.1) is 0 Å². The van der Waals surface area contributed by atoms with Crippen LogP contribution in [0.25, 0.3) is 0 Å². The van der Waals surface area contributed by atoms with Crippen molar-refractivity contribution in [1.82, 2.24) is 9.13 Å². The molecule has 3 aromatic rings. The summed E-state index contributed by atoms with van der Waals surface area (Å²) in [7, 11) is 3.03. The molecule has 5 rings (SSSR count). The van der Waals surface area contributed by atoms with E-state index >= 15 is 0 Å². The van der Waals surface area contributed by atoms with Crippen molar-refractivity contribution >= 4 is 0 Å². The Labute approximate surface area is 185 Å². The zero-order valence-electron chi connectivity index (χ0n) is 18.2. The molecule has 162 valence electrons. The van der Waals surface area contributed by atoms with Gasteiger partial charge in [-0.1, -0.05) is 49.4 Å². The normalized spacial score (nSPS) is 23.1. The van der Waals surface area contributed by atoms with Gasteiger partial charge in [0.05, 0.1) is 11.6 Å². The third-order valence-electron chi connectivity index (χ3n) is 6.74. The molecule has 0 bridgehead atoms. The van der Waals surface area contributed by atoms with Gasteiger partial charge in [0.15, 0.2) is 0 Å². The minimum absolute atomic E-state index is 0.0663. The second-order valence-electron chi connectivity index (χ2n) is 8.43. The molecule has 0 saturated carbocycles. The number of aromatic nitrogens is 2. The van der Waals surface area contributed by atoms with Crippen LogP contribution in [0.4, 0.5) is 0 Å². The first-order valence-electron chi connectivity index (χ1n) is 10.6. The molecule has 2 aliphatic rings. The van der Waals surface area contributed by atoms with Gasteiger partial charge in [0.1, 0.15) is 23.9 Å². The first-order chi connectivity index (χ1) is 15.4. The van der Waals surface area contributed by atoms with E-state index < -0.39 is 28.7 Å². The number of aryl methyl sites for hydroxylation is 1. The van der Waals surface area contributed by atoms with Gasteiger partial charge < -0.3 is 9.47 Å². The molecular formula is C25H23N3O4. The van der Waals surface area contributed by atoms with Gasteiger partial charge in [-0.25, -0.2) is 4.79 Å². The van der Waals surface area contributed by atoms with Crippen molar-refractivity contribution in [2.75, 3.05) is 6.61 Å². The maximum Gasteiger partial charge on any atom is 0.333 e. The van der Waals surface area contributed by atoms with Crippen LogP contribution in [0.1, 0.15) is 41.2 Å². The van der Waals surface area contributed by atoms with Crippen LogP contribution in [-0.2, 0) is 20.5 Å². The molecule has 0 radical (unpaired) electrons. The number of hydrogen-bond donors (Lipinski definition) is 0. The first kappa shape index (κ1) is 20.1. The molecule has 3 heterocycles. The molecule has 3 atom stereocenters. The van der Waals surface area contributed by atoms with Gasteiger partial charge in [0, 0.05) is 25.6 Å². The summed E-state index contributed by atoms with van der Waals surface area (Å²) >= 11 is 0. The predicted octanol–water partition coefficient (Wildman–Crippen LogP) is 2.81. The molecule has 0 saturated heterocycles. The molecule has 0 unspecified atom stereocenters. The molecule has 7 heteroatoms. The average molecular weight is 429 g/mol. The molecule has 0 fully saturated rings. The van der Waals surface area contributed by atoms with Crippen molar-refractivity contribution in [2.24, 2.45) is 19.5 Å². The predicted molar refractivity (Wildman–Crippen MR) is 118 cm³/mol. The van der Waals surface area contributed by atoms with E-state index in [9.17, 15) is 14.9 Å². The van der Waals surface area contributed by atoms with E-state index in [1.165, 1.54) is 17.2 Å². The highest BCUT2D eigenvalue weighted by atomic mass is 16.5. The van der Waals surface area contributed by atoms with Crippen molar-refractivity contribution in [3.8, 4) is 17.7 Å². The van der Waals surface area contributed by atoms with Gasteiger partial charge in [0.2, 0.25) is 5.88 Å². The number of fused-ring (bicyclic) bond motifs is 5. The lowest BCUT2D eigenvalue weighted by Gasteiger charge is -2.48. The van der Waals surface area contributed by atoms with Gasteiger partial charge in [-0.05, 0) is 23.6 Å². The number of ether oxygens (including phenoxy) is 2. The fourth-order valence-electron chi connectivity index (χ4n) is 4.96. The zero-order valence-corrected chi connectivity index (χ0v) is 18.2. The molecule has 2 aliphatic heterocycles. The Morgan fingerprint density at radius 2 is 1.81 bits per heavy atom. The van der Waals surface area contributed by atoms with Crippen LogP contribution in [0.3, 0.4) is 0 Å². The number of rotatable bonds is 2. The largest absolute Gasteiger partial charge is 0.491 e. The Balaban J connectivity index is 1.86. The van der Waals surface area contributed by atoms with Crippen LogP contribution in [0.2, 0.25) is 0 Å². The van der Waals surface area contributed by atoms with E-state index in [1.54, 1.807) is 7.05 Å². The van der Waals surface area contributed by atoms with E-state index in [0.29, 0.717) is 11.3 Å². The zero-order chi connectivity index (χ0) is 22.6. The number of nitriles is 1. The lowest BCUT2D eigenvalue weighted by Crippen LogP contribution is -2.52. The van der Waals surface area contributed by atoms with Crippen molar-refractivity contribution < 1.29 is 9.47 Å². The number of nitrogens with zero attached hydrogens (tertiary/aromatic N) is 3. The van der Waals surface area contributed by atoms with Crippen LogP contribution in [0.15, 0.2) is 58.1 Å². The second-order valence-corrected chi connectivity index (χ2v) is 8.43. The summed E-state index contributed by atoms with van der Waals surface area (Å²) in [5, 5.41) is 10.6. The van der Waals surface area contributed by atoms with Gasteiger partial charge in [0.25, 0.3) is 5.56 Å². The van der Waals surface area contributed by atoms with Crippen LogP contribution >= 0.6 is 0 Å². The molecule has 32 heavy (non-hydrogen) atoms. The Bertz CT molecular complexity index is 1380. The molecule has 7 nitrogen and oxygen atoms in total. The van der Waals surface area contributed by atoms with Crippen molar-refractivity contribution in [3.63, 3.8) is 0 Å². The average Bonchev–Trinajstić information content (AvgIpc) is 2.84. The summed E-state index contributed by atoms with van der Waals surface area (Å²) in [4.78, 5) is 26.1. The Morgan fingerprint density at radius 1 is 1.09 bits per heavy atom. The van der Waals surface area contributed by atoms with Crippen LogP contribution in [0, 0.1) is 16.7 Å². The van der Waals surface area contributed by atoms with E-state index in [2.05, 4.69) is 13.0 Å². The smallest absolute Gasteiger partial charge is 0.333 e. The quantitative estimate of drug-likeness (QED) is 0.625. The highest BCUT2D eigenvalue weighted by molar-refractivity contribution is 5.53. The van der Waals surface area contributed by atoms with Gasteiger partial charge >= 0.3 is 5.69 Å². The summed E-state index contributed by atoms with van der Waals surface area (Å²) < 4.78 is 14.8. The Hall–Kier alpha value is -3.79. The van der Waals surface area contributed by atoms with E-state index in [1.807, 2.05) is 48.5 Å². The van der Waals surface area contributed by atoms with Gasteiger partial charge in [-0.2, -0.15) is 5.26 Å². The fourth-order valence-corrected chi connectivity index (χ4v) is 4.96. The molecule has 0 aliphatic carbocycles. The molecule has 0 spiro atoms. The molecule has 1 aromatic heterocycles. The van der Waals surface area contributed by atoms with E-state index in [-0.39, 0.29) is 12.5 Å². The Kier molecular flexibility index (Phi) is 4.48. The summed E-state index contributed by atoms with van der Waals surface area (Å²) in [5.74, 6) is 0.227. The number of para-hydroxylation sites is 1. The van der Waals surface area contributed by atoms with Crippen LogP contribution in [-0.4, -0.2) is 15.7 Å². The molecular weight excluding hydrogens is 406 g/mol. The SMILES string of the molecule is CCc1ccc([C@@H]2Oc3c(c(=O)n(C)c(=O)n3C)[C@H]3c4ccccc4OC[C@]32C#N)cc1. The summed E-state index contributed by atoms with van der Waals surface area (Å²) in [5.41, 5.74) is 0.917. The topological polar surface area (TPSA) is 86.2 Å². The van der Waals surface area contributed by atoms with Crippen molar-refractivity contribution in [3.05, 3.63) is 91.6 Å². The fraction of sp³-hybridized carbons (Fsp3) is 0.320. The standard InChI is InChI=1S/C25H23N3O4/c1-4-15-9-11-16(12-10-15)21-25(13-26)14-31-18-8-6-5-7-17(18)20(25)19-22(29)27(2)24(30)28(3)23(19)32-21/h5-12,20-21H,4,14H2,1-3H3/t20-,21+,25-/m1/s1. The third-order valence-corrected chi connectivity index (χ3v) is 6.74. The summed E-state index contributed by atoms with van der Waals surface area (Å²) in [6.07, 6.45) is 0.170. The number of benzene rings is 2. The van der Waals surface area contributed by atoms with Crippen molar-refractivity contribution in [1.29, 1.82) is 5.26 Å². The summed E-state index contributed by atoms with van der Waals surface area (Å²) in [6, 6.07) is 17.8. The highest BCUT2D eigenvalue weighted by Gasteiger charge is 2.58. The van der Waals surface area contributed by atoms with Gasteiger partial charge in [-0.3, -0.25) is 13.9 Å². The molecule has 2 aromatic carbocycles. The van der Waals surface area contributed by atoms with E-state index in [0.717, 1.165) is 22.1 Å². The minimum atomic E-state index is -1.18. The third kappa shape index (κ3) is 2.59. The second kappa shape index (κ2) is 7.13. The Morgan fingerprint density at radius 3 is 2.50 bits per heavy atom. The van der Waals surface area contributed by atoms with Crippen LogP contribution < -0.4 is 20.7 Å². The lowest BCUT2D eigenvalue weighted by atomic mass is 9.63. The lowest BCUT2D eigenvalue weighted by molar-refractivity contribution is -0.00401. The monoisotopic (exact) mass is 429 g/mol. The maximum absolute atomic E-state index is 13.4. The number of hydrogen-bond acceptors (Lipinski definition) is 5. The van der Waals surface area contributed by atoms with Crippen molar-refractivity contribution in [2.45, 2.75) is 25.4 Å². The van der Waals surface area contributed by atoms with E-state index in [4.69, 9.17) is 9.47 Å². The minimum Gasteiger partial charge on any atom is -0.491 e. The molecule has 0 amide bonds. The maximum atomic E-state index is 13.4. The highest BCUT2D eigenvalue weighted by Crippen LogP contribution is 2.58. The van der Waals surface area contributed by atoms with Crippen LogP contribution in [0.5, 0.6) is 11.6 Å². The molecule has 0 N–H and O–H groups in total.